The number of likely N-dealkylation sites (tertiary alicyclic amines) is 1. The molecule has 2 aliphatic heterocycles. The monoisotopic (exact) mass is 440 g/mol. The Morgan fingerprint density at radius 3 is 2.58 bits per heavy atom. The molecule has 1 N–H and O–H groups in total. The number of halogens is 1. The van der Waals surface area contributed by atoms with Gasteiger partial charge in [0.25, 0.3) is 0 Å². The molecule has 1 amide bonds. The van der Waals surface area contributed by atoms with Gasteiger partial charge in [-0.3, -0.25) is 9.78 Å². The lowest BCUT2D eigenvalue weighted by Crippen LogP contribution is -2.50. The van der Waals surface area contributed by atoms with Crippen molar-refractivity contribution in [3.8, 4) is 11.1 Å². The third kappa shape index (κ3) is 3.92. The van der Waals surface area contributed by atoms with Gasteiger partial charge >= 0.3 is 0 Å². The topological polar surface area (TPSA) is 69.6 Å². The normalized spacial score (nSPS) is 29.0. The average molecular weight is 441 g/mol. The lowest BCUT2D eigenvalue weighted by Gasteiger charge is -2.41. The van der Waals surface area contributed by atoms with Crippen LogP contribution in [0.5, 0.6) is 0 Å². The molecular formula is C24H29ClN4O2. The van der Waals surface area contributed by atoms with E-state index in [1.807, 2.05) is 24.4 Å². The predicted molar refractivity (Wildman–Crippen MR) is 121 cm³/mol. The SMILES string of the molecule is O=C1N([C@H]2CC[C@@H](O)CC2)CC[C@@]12CCCN(c1ncc(-c3ccncc3)cc1Cl)C2. The zero-order valence-corrected chi connectivity index (χ0v) is 18.5. The van der Waals surface area contributed by atoms with Gasteiger partial charge in [0, 0.05) is 49.8 Å². The standard InChI is InChI=1S/C24H29ClN4O2/c25-21-14-18(17-6-10-26-11-7-17)15-27-22(21)28-12-1-8-24(16-28)9-13-29(23(24)31)19-2-4-20(30)5-3-19/h6-7,10-11,14-15,19-20,30H,1-5,8-9,12-13,16H2/t19-,20+,24-/m1/s1. The van der Waals surface area contributed by atoms with Crippen molar-refractivity contribution in [3.63, 3.8) is 0 Å². The van der Waals surface area contributed by atoms with Gasteiger partial charge in [-0.1, -0.05) is 11.6 Å². The van der Waals surface area contributed by atoms with Crippen LogP contribution in [0.4, 0.5) is 5.82 Å². The van der Waals surface area contributed by atoms with E-state index in [0.717, 1.165) is 75.0 Å². The van der Waals surface area contributed by atoms with Gasteiger partial charge in [0.15, 0.2) is 0 Å². The molecule has 1 spiro atoms. The van der Waals surface area contributed by atoms with Gasteiger partial charge in [-0.05, 0) is 68.7 Å². The number of hydrogen-bond donors (Lipinski definition) is 1. The summed E-state index contributed by atoms with van der Waals surface area (Å²) in [6.07, 6.45) is 11.4. The summed E-state index contributed by atoms with van der Waals surface area (Å²) < 4.78 is 0. The van der Waals surface area contributed by atoms with E-state index in [9.17, 15) is 9.90 Å². The maximum Gasteiger partial charge on any atom is 0.230 e. The van der Waals surface area contributed by atoms with Crippen LogP contribution in [0.3, 0.4) is 0 Å². The van der Waals surface area contributed by atoms with Crippen LogP contribution in [-0.4, -0.2) is 57.7 Å². The summed E-state index contributed by atoms with van der Waals surface area (Å²) in [5.74, 6) is 1.06. The molecule has 0 aromatic carbocycles. The number of anilines is 1. The number of nitrogens with zero attached hydrogens (tertiary/aromatic N) is 4. The largest absolute Gasteiger partial charge is 0.393 e. The van der Waals surface area contributed by atoms with E-state index in [-0.39, 0.29) is 17.6 Å². The highest BCUT2D eigenvalue weighted by Crippen LogP contribution is 2.44. The quantitative estimate of drug-likeness (QED) is 0.783. The molecule has 3 aliphatic rings. The van der Waals surface area contributed by atoms with Crippen LogP contribution in [0.15, 0.2) is 36.8 Å². The molecule has 0 unspecified atom stereocenters. The van der Waals surface area contributed by atoms with Gasteiger partial charge in [-0.2, -0.15) is 0 Å². The van der Waals surface area contributed by atoms with Crippen molar-refractivity contribution < 1.29 is 9.90 Å². The molecule has 0 bridgehead atoms. The molecule has 31 heavy (non-hydrogen) atoms. The first kappa shape index (κ1) is 20.7. The molecule has 1 saturated carbocycles. The number of piperidine rings is 1. The Kier molecular flexibility index (Phi) is 5.61. The van der Waals surface area contributed by atoms with Gasteiger partial charge in [0.05, 0.1) is 16.5 Å². The molecule has 4 heterocycles. The van der Waals surface area contributed by atoms with Crippen LogP contribution in [-0.2, 0) is 4.79 Å². The number of carbonyl (C=O) groups is 1. The van der Waals surface area contributed by atoms with Gasteiger partial charge < -0.3 is 14.9 Å². The smallest absolute Gasteiger partial charge is 0.230 e. The Hall–Kier alpha value is -2.18. The number of aliphatic hydroxyl groups excluding tert-OH is 1. The maximum atomic E-state index is 13.5. The number of pyridine rings is 2. The van der Waals surface area contributed by atoms with Crippen molar-refractivity contribution in [1.29, 1.82) is 0 Å². The molecular weight excluding hydrogens is 412 g/mol. The highest BCUT2D eigenvalue weighted by molar-refractivity contribution is 6.33. The van der Waals surface area contributed by atoms with Crippen LogP contribution in [0.25, 0.3) is 11.1 Å². The number of aromatic nitrogens is 2. The Bertz CT molecular complexity index is 948. The molecule has 2 saturated heterocycles. The van der Waals surface area contributed by atoms with Crippen LogP contribution < -0.4 is 4.90 Å². The maximum absolute atomic E-state index is 13.5. The van der Waals surface area contributed by atoms with E-state index in [1.165, 1.54) is 0 Å². The second-order valence-corrected chi connectivity index (χ2v) is 9.69. The minimum absolute atomic E-state index is 0.198. The average Bonchev–Trinajstić information content (AvgIpc) is 3.10. The van der Waals surface area contributed by atoms with E-state index in [0.29, 0.717) is 17.5 Å². The molecule has 3 fully saturated rings. The predicted octanol–water partition coefficient (Wildman–Crippen LogP) is 3.92. The zero-order chi connectivity index (χ0) is 21.4. The lowest BCUT2D eigenvalue weighted by molar-refractivity contribution is -0.139. The fourth-order valence-electron chi connectivity index (χ4n) is 5.62. The summed E-state index contributed by atoms with van der Waals surface area (Å²) in [7, 11) is 0. The molecule has 1 atom stereocenters. The Balaban J connectivity index is 1.33. The highest BCUT2D eigenvalue weighted by atomic mass is 35.5. The molecule has 2 aromatic heterocycles. The summed E-state index contributed by atoms with van der Waals surface area (Å²) in [6.45, 7) is 2.38. The molecule has 0 radical (unpaired) electrons. The van der Waals surface area contributed by atoms with Gasteiger partial charge in [0.2, 0.25) is 5.91 Å². The first-order valence-electron chi connectivity index (χ1n) is 11.4. The van der Waals surface area contributed by atoms with E-state index < -0.39 is 0 Å². The van der Waals surface area contributed by atoms with Gasteiger partial charge in [-0.25, -0.2) is 4.98 Å². The number of aliphatic hydroxyl groups is 1. The Labute approximate surface area is 188 Å². The molecule has 164 valence electrons. The van der Waals surface area contributed by atoms with E-state index in [4.69, 9.17) is 16.6 Å². The summed E-state index contributed by atoms with van der Waals surface area (Å²) in [5, 5.41) is 10.4. The third-order valence-corrected chi connectivity index (χ3v) is 7.64. The number of carbonyl (C=O) groups excluding carboxylic acids is 1. The fourth-order valence-corrected chi connectivity index (χ4v) is 5.91. The van der Waals surface area contributed by atoms with Crippen molar-refractivity contribution >= 4 is 23.3 Å². The minimum atomic E-state index is -0.330. The molecule has 1 aliphatic carbocycles. The summed E-state index contributed by atoms with van der Waals surface area (Å²) in [5.41, 5.74) is 1.67. The van der Waals surface area contributed by atoms with E-state index in [1.54, 1.807) is 12.4 Å². The summed E-state index contributed by atoms with van der Waals surface area (Å²) >= 11 is 6.67. The zero-order valence-electron chi connectivity index (χ0n) is 17.7. The van der Waals surface area contributed by atoms with Crippen LogP contribution in [0.1, 0.15) is 44.9 Å². The second-order valence-electron chi connectivity index (χ2n) is 9.28. The fraction of sp³-hybridized carbons (Fsp3) is 0.542. The van der Waals surface area contributed by atoms with Gasteiger partial charge in [-0.15, -0.1) is 0 Å². The number of rotatable bonds is 3. The number of amides is 1. The van der Waals surface area contributed by atoms with Crippen LogP contribution >= 0.6 is 11.6 Å². The van der Waals surface area contributed by atoms with Crippen molar-refractivity contribution in [2.24, 2.45) is 5.41 Å². The summed E-state index contributed by atoms with van der Waals surface area (Å²) in [4.78, 5) is 26.6. The first-order chi connectivity index (χ1) is 15.1. The first-order valence-corrected chi connectivity index (χ1v) is 11.7. The second kappa shape index (κ2) is 8.40. The van der Waals surface area contributed by atoms with Crippen molar-refractivity contribution in [2.75, 3.05) is 24.5 Å². The Morgan fingerprint density at radius 2 is 1.84 bits per heavy atom. The van der Waals surface area contributed by atoms with Crippen molar-refractivity contribution in [2.45, 2.75) is 57.1 Å². The van der Waals surface area contributed by atoms with Gasteiger partial charge in [0.1, 0.15) is 5.82 Å². The summed E-state index contributed by atoms with van der Waals surface area (Å²) in [6, 6.07) is 6.13. The molecule has 6 nitrogen and oxygen atoms in total. The lowest BCUT2D eigenvalue weighted by atomic mass is 9.78. The van der Waals surface area contributed by atoms with Crippen molar-refractivity contribution in [3.05, 3.63) is 41.8 Å². The Morgan fingerprint density at radius 1 is 1.06 bits per heavy atom. The highest BCUT2D eigenvalue weighted by Gasteiger charge is 2.51. The van der Waals surface area contributed by atoms with Crippen LogP contribution in [0, 0.1) is 5.41 Å². The molecule has 2 aromatic rings. The molecule has 5 rings (SSSR count). The van der Waals surface area contributed by atoms with Crippen LogP contribution in [0.2, 0.25) is 5.02 Å². The van der Waals surface area contributed by atoms with E-state index in [2.05, 4.69) is 14.8 Å². The van der Waals surface area contributed by atoms with Crippen molar-refractivity contribution in [1.82, 2.24) is 14.9 Å². The van der Waals surface area contributed by atoms with E-state index >= 15 is 0 Å². The minimum Gasteiger partial charge on any atom is -0.393 e. The number of hydrogen-bond acceptors (Lipinski definition) is 5. The molecule has 7 heteroatoms. The third-order valence-electron chi connectivity index (χ3n) is 7.36.